The van der Waals surface area contributed by atoms with Gasteiger partial charge >= 0.3 is 7.82 Å². The molecule has 0 aliphatic heterocycles. The lowest BCUT2D eigenvalue weighted by Crippen LogP contribution is -2.22. The highest BCUT2D eigenvalue weighted by atomic mass is 31.2. The number of rotatable bonds is 21. The van der Waals surface area contributed by atoms with Gasteiger partial charge in [0.05, 0.1) is 19.8 Å². The summed E-state index contributed by atoms with van der Waals surface area (Å²) in [7, 11) is -3.75. The standard InChI is InChI=1S/C21H36N3O7P/c1-4-19(25)22-13-7-10-16-29-32(28,30-17-11-8-14-23-20(26)5-2)31-18-12-9-15-24-21(27)6-3/h4-6H,1-3,7-18H2,(H,22,25)(H,23,26)(H,24,27). The molecule has 3 N–H and O–H groups in total. The van der Waals surface area contributed by atoms with Gasteiger partial charge in [-0.2, -0.15) is 0 Å². The van der Waals surface area contributed by atoms with E-state index in [0.717, 1.165) is 0 Å². The number of unbranched alkanes of at least 4 members (excludes halogenated alkanes) is 3. The lowest BCUT2D eigenvalue weighted by atomic mass is 10.3. The Morgan fingerprint density at radius 1 is 0.594 bits per heavy atom. The number of hydrogen-bond donors (Lipinski definition) is 3. The Balaban J connectivity index is 4.29. The topological polar surface area (TPSA) is 132 Å². The number of phosphoric acid groups is 1. The van der Waals surface area contributed by atoms with Gasteiger partial charge in [-0.1, -0.05) is 19.7 Å². The van der Waals surface area contributed by atoms with Gasteiger partial charge in [-0.3, -0.25) is 28.0 Å². The second-order valence-electron chi connectivity index (χ2n) is 6.55. The summed E-state index contributed by atoms with van der Waals surface area (Å²) in [6.45, 7) is 11.9. The van der Waals surface area contributed by atoms with Crippen molar-refractivity contribution in [3.63, 3.8) is 0 Å². The summed E-state index contributed by atoms with van der Waals surface area (Å²) in [5, 5.41) is 7.94. The summed E-state index contributed by atoms with van der Waals surface area (Å²) >= 11 is 0. The second-order valence-corrected chi connectivity index (χ2v) is 8.22. The van der Waals surface area contributed by atoms with Crippen molar-refractivity contribution in [3.05, 3.63) is 38.0 Å². The SMILES string of the molecule is C=CC(=O)NCCCCOP(=O)(OCCCCNC(=O)C=C)OCCCCNC(=O)C=C. The number of phosphoric ester groups is 1. The third-order valence-corrected chi connectivity index (χ3v) is 5.41. The molecule has 11 heteroatoms. The molecule has 0 radical (unpaired) electrons. The maximum absolute atomic E-state index is 12.9. The van der Waals surface area contributed by atoms with E-state index in [-0.39, 0.29) is 37.5 Å². The predicted molar refractivity (Wildman–Crippen MR) is 123 cm³/mol. The average Bonchev–Trinajstić information content (AvgIpc) is 2.80. The van der Waals surface area contributed by atoms with Crippen LogP contribution in [0.5, 0.6) is 0 Å². The van der Waals surface area contributed by atoms with E-state index in [0.29, 0.717) is 58.2 Å². The lowest BCUT2D eigenvalue weighted by molar-refractivity contribution is -0.117. The Morgan fingerprint density at radius 2 is 0.875 bits per heavy atom. The quantitative estimate of drug-likeness (QED) is 0.132. The molecule has 0 spiro atoms. The highest BCUT2D eigenvalue weighted by Crippen LogP contribution is 2.49. The van der Waals surface area contributed by atoms with Gasteiger partial charge < -0.3 is 16.0 Å². The molecule has 0 saturated carbocycles. The zero-order chi connectivity index (χ0) is 24.1. The minimum Gasteiger partial charge on any atom is -0.353 e. The first-order valence-corrected chi connectivity index (χ1v) is 12.1. The van der Waals surface area contributed by atoms with Crippen molar-refractivity contribution in [2.24, 2.45) is 0 Å². The number of carbonyl (C=O) groups excluding carboxylic acids is 3. The van der Waals surface area contributed by atoms with Gasteiger partial charge in [-0.05, 0) is 56.8 Å². The Morgan fingerprint density at radius 3 is 1.12 bits per heavy atom. The van der Waals surface area contributed by atoms with Crippen LogP contribution < -0.4 is 16.0 Å². The molecule has 0 atom stereocenters. The smallest absolute Gasteiger partial charge is 0.353 e. The first-order valence-electron chi connectivity index (χ1n) is 10.6. The molecule has 182 valence electrons. The van der Waals surface area contributed by atoms with Crippen LogP contribution in [0.2, 0.25) is 0 Å². The summed E-state index contributed by atoms with van der Waals surface area (Å²) in [6.07, 6.45) is 7.12. The molecule has 0 saturated heterocycles. The molecule has 32 heavy (non-hydrogen) atoms. The summed E-state index contributed by atoms with van der Waals surface area (Å²) < 4.78 is 29.1. The average molecular weight is 474 g/mol. The van der Waals surface area contributed by atoms with Crippen molar-refractivity contribution in [3.8, 4) is 0 Å². The fourth-order valence-electron chi connectivity index (χ4n) is 2.17. The second kappa shape index (κ2) is 19.4. The van der Waals surface area contributed by atoms with E-state index in [2.05, 4.69) is 35.7 Å². The summed E-state index contributed by atoms with van der Waals surface area (Å²) in [4.78, 5) is 33.3. The van der Waals surface area contributed by atoms with Crippen molar-refractivity contribution in [2.45, 2.75) is 38.5 Å². The van der Waals surface area contributed by atoms with Crippen LogP contribution in [0.15, 0.2) is 38.0 Å². The molecule has 0 aliphatic carbocycles. The zero-order valence-corrected chi connectivity index (χ0v) is 19.5. The van der Waals surface area contributed by atoms with Gasteiger partial charge in [0.15, 0.2) is 0 Å². The van der Waals surface area contributed by atoms with Gasteiger partial charge in [0.25, 0.3) is 0 Å². The van der Waals surface area contributed by atoms with Crippen molar-refractivity contribution in [1.82, 2.24) is 16.0 Å². The molecule has 3 amide bonds. The maximum atomic E-state index is 12.9. The van der Waals surface area contributed by atoms with E-state index < -0.39 is 7.82 Å². The highest BCUT2D eigenvalue weighted by Gasteiger charge is 2.26. The molecule has 0 heterocycles. The van der Waals surface area contributed by atoms with Gasteiger partial charge in [0, 0.05) is 19.6 Å². The molecule has 0 aliphatic rings. The third-order valence-electron chi connectivity index (χ3n) is 3.92. The van der Waals surface area contributed by atoms with Gasteiger partial charge in [-0.25, -0.2) is 4.57 Å². The van der Waals surface area contributed by atoms with Crippen LogP contribution in [-0.2, 0) is 32.5 Å². The molecule has 0 bridgehead atoms. The molecular weight excluding hydrogens is 437 g/mol. The third kappa shape index (κ3) is 17.4. The maximum Gasteiger partial charge on any atom is 0.474 e. The molecule has 0 unspecified atom stereocenters. The molecule has 0 rings (SSSR count). The lowest BCUT2D eigenvalue weighted by Gasteiger charge is -2.18. The van der Waals surface area contributed by atoms with Crippen LogP contribution in [0.3, 0.4) is 0 Å². The fourth-order valence-corrected chi connectivity index (χ4v) is 3.46. The largest absolute Gasteiger partial charge is 0.474 e. The zero-order valence-electron chi connectivity index (χ0n) is 18.6. The van der Waals surface area contributed by atoms with Crippen LogP contribution in [-0.4, -0.2) is 57.2 Å². The van der Waals surface area contributed by atoms with Crippen molar-refractivity contribution in [1.29, 1.82) is 0 Å². The van der Waals surface area contributed by atoms with Crippen LogP contribution >= 0.6 is 7.82 Å². The summed E-state index contributed by atoms with van der Waals surface area (Å²) in [5.74, 6) is -0.759. The first-order chi connectivity index (χ1) is 15.4. The van der Waals surface area contributed by atoms with Crippen LogP contribution in [0.25, 0.3) is 0 Å². The van der Waals surface area contributed by atoms with Crippen molar-refractivity contribution in [2.75, 3.05) is 39.5 Å². The Labute approximate surface area is 190 Å². The van der Waals surface area contributed by atoms with Crippen LogP contribution in [0, 0.1) is 0 Å². The first kappa shape index (κ1) is 29.7. The van der Waals surface area contributed by atoms with Crippen molar-refractivity contribution >= 4 is 25.5 Å². The number of hydrogen-bond acceptors (Lipinski definition) is 7. The van der Waals surface area contributed by atoms with E-state index in [9.17, 15) is 18.9 Å². The van der Waals surface area contributed by atoms with Gasteiger partial charge in [0.1, 0.15) is 0 Å². The van der Waals surface area contributed by atoms with E-state index in [1.807, 2.05) is 0 Å². The fraction of sp³-hybridized carbons (Fsp3) is 0.571. The molecule has 0 aromatic heterocycles. The van der Waals surface area contributed by atoms with Gasteiger partial charge in [0.2, 0.25) is 17.7 Å². The number of amides is 3. The summed E-state index contributed by atoms with van der Waals surface area (Å²) in [5.41, 5.74) is 0. The van der Waals surface area contributed by atoms with Crippen LogP contribution in [0.1, 0.15) is 38.5 Å². The van der Waals surface area contributed by atoms with Crippen molar-refractivity contribution < 1.29 is 32.5 Å². The van der Waals surface area contributed by atoms with Crippen LogP contribution in [0.4, 0.5) is 0 Å². The minimum absolute atomic E-state index is 0.145. The van der Waals surface area contributed by atoms with E-state index in [1.165, 1.54) is 18.2 Å². The molecular formula is C21H36N3O7P. The molecule has 10 nitrogen and oxygen atoms in total. The number of nitrogens with one attached hydrogen (secondary N) is 3. The Hall–Kier alpha value is -2.26. The van der Waals surface area contributed by atoms with Gasteiger partial charge in [-0.15, -0.1) is 0 Å². The Kier molecular flexibility index (Phi) is 18.1. The van der Waals surface area contributed by atoms with E-state index in [4.69, 9.17) is 13.6 Å². The van der Waals surface area contributed by atoms with E-state index >= 15 is 0 Å². The highest BCUT2D eigenvalue weighted by molar-refractivity contribution is 7.48. The molecule has 0 aromatic carbocycles. The molecule has 0 fully saturated rings. The number of carbonyl (C=O) groups is 3. The normalized spacial score (nSPS) is 10.8. The summed E-state index contributed by atoms with van der Waals surface area (Å²) in [6, 6.07) is 0. The van der Waals surface area contributed by atoms with E-state index in [1.54, 1.807) is 0 Å². The molecule has 0 aromatic rings. The Bertz CT molecular complexity index is 570. The minimum atomic E-state index is -3.75. The predicted octanol–water partition coefficient (Wildman–Crippen LogP) is 2.39. The monoisotopic (exact) mass is 473 g/mol.